The SMILES string of the molecule is CCC(C)(CN)C(=O)C(C)(C)C. The Morgan fingerprint density at radius 1 is 1.25 bits per heavy atom. The summed E-state index contributed by atoms with van der Waals surface area (Å²) in [7, 11) is 0. The van der Waals surface area contributed by atoms with Crippen molar-refractivity contribution in [3.63, 3.8) is 0 Å². The van der Waals surface area contributed by atoms with Gasteiger partial charge in [0.2, 0.25) is 0 Å². The van der Waals surface area contributed by atoms with Crippen molar-refractivity contribution in [2.75, 3.05) is 6.54 Å². The predicted molar refractivity (Wildman–Crippen MR) is 51.9 cm³/mol. The van der Waals surface area contributed by atoms with E-state index in [1.165, 1.54) is 0 Å². The number of hydrogen-bond donors (Lipinski definition) is 1. The van der Waals surface area contributed by atoms with Crippen molar-refractivity contribution in [3.8, 4) is 0 Å². The Morgan fingerprint density at radius 3 is 1.75 bits per heavy atom. The minimum Gasteiger partial charge on any atom is -0.329 e. The van der Waals surface area contributed by atoms with Gasteiger partial charge in [0.05, 0.1) is 0 Å². The molecule has 2 nitrogen and oxygen atoms in total. The summed E-state index contributed by atoms with van der Waals surface area (Å²) in [6, 6.07) is 0. The highest BCUT2D eigenvalue weighted by molar-refractivity contribution is 5.89. The van der Waals surface area contributed by atoms with Crippen LogP contribution < -0.4 is 5.73 Å². The summed E-state index contributed by atoms with van der Waals surface area (Å²) in [6.07, 6.45) is 0.819. The second-order valence-corrected chi connectivity index (χ2v) is 4.70. The van der Waals surface area contributed by atoms with Gasteiger partial charge in [0, 0.05) is 17.4 Å². The normalized spacial score (nSPS) is 17.2. The third-order valence-electron chi connectivity index (χ3n) is 2.46. The molecule has 0 rings (SSSR count). The van der Waals surface area contributed by atoms with Crippen LogP contribution in [0.25, 0.3) is 0 Å². The van der Waals surface area contributed by atoms with Crippen molar-refractivity contribution in [1.29, 1.82) is 0 Å². The maximum absolute atomic E-state index is 11.9. The molecule has 2 heteroatoms. The Balaban J connectivity index is 4.66. The van der Waals surface area contributed by atoms with Gasteiger partial charge in [-0.15, -0.1) is 0 Å². The molecule has 0 saturated heterocycles. The molecule has 0 fully saturated rings. The van der Waals surface area contributed by atoms with Gasteiger partial charge < -0.3 is 5.73 Å². The highest BCUT2D eigenvalue weighted by Crippen LogP contribution is 2.30. The van der Waals surface area contributed by atoms with Gasteiger partial charge in [-0.1, -0.05) is 34.6 Å². The zero-order valence-electron chi connectivity index (χ0n) is 8.90. The van der Waals surface area contributed by atoms with E-state index < -0.39 is 0 Å². The summed E-state index contributed by atoms with van der Waals surface area (Å²) in [5, 5.41) is 0. The Kier molecular flexibility index (Phi) is 3.45. The van der Waals surface area contributed by atoms with Crippen LogP contribution in [0.15, 0.2) is 0 Å². The third-order valence-corrected chi connectivity index (χ3v) is 2.46. The lowest BCUT2D eigenvalue weighted by Crippen LogP contribution is -2.42. The predicted octanol–water partition coefficient (Wildman–Crippen LogP) is 1.98. The zero-order valence-corrected chi connectivity index (χ0v) is 8.90. The first-order valence-electron chi connectivity index (χ1n) is 4.53. The first-order chi connectivity index (χ1) is 5.28. The largest absolute Gasteiger partial charge is 0.329 e. The number of rotatable bonds is 3. The smallest absolute Gasteiger partial charge is 0.145 e. The molecule has 0 saturated carbocycles. The molecule has 0 aromatic heterocycles. The monoisotopic (exact) mass is 171 g/mol. The van der Waals surface area contributed by atoms with E-state index in [0.29, 0.717) is 6.54 Å². The average molecular weight is 171 g/mol. The molecule has 0 bridgehead atoms. The Labute approximate surface area is 75.5 Å². The highest BCUT2D eigenvalue weighted by Gasteiger charge is 2.37. The van der Waals surface area contributed by atoms with Crippen LogP contribution in [0, 0.1) is 10.8 Å². The second kappa shape index (κ2) is 3.56. The molecule has 2 N–H and O–H groups in total. The van der Waals surface area contributed by atoms with E-state index in [4.69, 9.17) is 5.73 Å². The molecule has 0 spiro atoms. The van der Waals surface area contributed by atoms with Gasteiger partial charge in [0.1, 0.15) is 5.78 Å². The van der Waals surface area contributed by atoms with Crippen molar-refractivity contribution < 1.29 is 4.79 Å². The Morgan fingerprint density at radius 2 is 1.67 bits per heavy atom. The van der Waals surface area contributed by atoms with Gasteiger partial charge in [-0.05, 0) is 6.42 Å². The van der Waals surface area contributed by atoms with E-state index in [1.807, 2.05) is 34.6 Å². The lowest BCUT2D eigenvalue weighted by molar-refractivity contribution is -0.135. The van der Waals surface area contributed by atoms with Gasteiger partial charge in [-0.3, -0.25) is 4.79 Å². The van der Waals surface area contributed by atoms with Crippen LogP contribution in [0.4, 0.5) is 0 Å². The first kappa shape index (κ1) is 11.6. The van der Waals surface area contributed by atoms with E-state index in [2.05, 4.69) is 0 Å². The molecule has 0 aliphatic heterocycles. The number of Topliss-reactive ketones (excluding diaryl/α,β-unsaturated/α-hetero) is 1. The molecule has 0 aromatic carbocycles. The molecular formula is C10H21NO. The molecule has 0 amide bonds. The number of carbonyl (C=O) groups is 1. The molecule has 0 aromatic rings. The Bertz CT molecular complexity index is 163. The van der Waals surface area contributed by atoms with Crippen LogP contribution in [0.1, 0.15) is 41.0 Å². The highest BCUT2D eigenvalue weighted by atomic mass is 16.1. The summed E-state index contributed by atoms with van der Waals surface area (Å²) in [4.78, 5) is 11.9. The molecule has 0 aliphatic carbocycles. The molecule has 12 heavy (non-hydrogen) atoms. The van der Waals surface area contributed by atoms with E-state index in [9.17, 15) is 4.79 Å². The fourth-order valence-electron chi connectivity index (χ4n) is 1.30. The van der Waals surface area contributed by atoms with Crippen LogP contribution in [-0.4, -0.2) is 12.3 Å². The fourth-order valence-corrected chi connectivity index (χ4v) is 1.30. The minimum atomic E-state index is -0.335. The maximum Gasteiger partial charge on any atom is 0.145 e. The summed E-state index contributed by atoms with van der Waals surface area (Å²) >= 11 is 0. The molecule has 72 valence electrons. The lowest BCUT2D eigenvalue weighted by atomic mass is 9.72. The van der Waals surface area contributed by atoms with Crippen molar-refractivity contribution in [2.24, 2.45) is 16.6 Å². The average Bonchev–Trinajstić information content (AvgIpc) is 2.00. The van der Waals surface area contributed by atoms with E-state index >= 15 is 0 Å². The summed E-state index contributed by atoms with van der Waals surface area (Å²) in [5.74, 6) is 0.264. The van der Waals surface area contributed by atoms with E-state index in [-0.39, 0.29) is 16.6 Å². The van der Waals surface area contributed by atoms with Gasteiger partial charge in [0.15, 0.2) is 0 Å². The van der Waals surface area contributed by atoms with Crippen LogP contribution >= 0.6 is 0 Å². The third kappa shape index (κ3) is 2.31. The first-order valence-corrected chi connectivity index (χ1v) is 4.53. The number of carbonyl (C=O) groups excluding carboxylic acids is 1. The lowest BCUT2D eigenvalue weighted by Gasteiger charge is -2.31. The van der Waals surface area contributed by atoms with Crippen molar-refractivity contribution >= 4 is 5.78 Å². The minimum absolute atomic E-state index is 0.264. The maximum atomic E-state index is 11.9. The van der Waals surface area contributed by atoms with Crippen LogP contribution in [0.2, 0.25) is 0 Å². The van der Waals surface area contributed by atoms with Crippen molar-refractivity contribution in [3.05, 3.63) is 0 Å². The summed E-state index contributed by atoms with van der Waals surface area (Å²) < 4.78 is 0. The second-order valence-electron chi connectivity index (χ2n) is 4.70. The number of ketones is 1. The van der Waals surface area contributed by atoms with Crippen LogP contribution in [0.3, 0.4) is 0 Å². The quantitative estimate of drug-likeness (QED) is 0.705. The standard InChI is InChI=1S/C10H21NO/c1-6-10(5,7-11)8(12)9(2,3)4/h6-7,11H2,1-5H3. The number of nitrogens with two attached hydrogens (primary N) is 1. The molecular weight excluding hydrogens is 150 g/mol. The fraction of sp³-hybridized carbons (Fsp3) is 0.900. The zero-order chi connectivity index (χ0) is 9.99. The molecule has 0 radical (unpaired) electrons. The topological polar surface area (TPSA) is 43.1 Å². The van der Waals surface area contributed by atoms with Gasteiger partial charge >= 0.3 is 0 Å². The number of hydrogen-bond acceptors (Lipinski definition) is 2. The van der Waals surface area contributed by atoms with Crippen LogP contribution in [0.5, 0.6) is 0 Å². The van der Waals surface area contributed by atoms with Crippen LogP contribution in [-0.2, 0) is 4.79 Å². The Hall–Kier alpha value is -0.370. The van der Waals surface area contributed by atoms with E-state index in [0.717, 1.165) is 6.42 Å². The molecule has 1 atom stereocenters. The summed E-state index contributed by atoms with van der Waals surface area (Å²) in [5.41, 5.74) is 4.99. The van der Waals surface area contributed by atoms with Crippen molar-refractivity contribution in [2.45, 2.75) is 41.0 Å². The molecule has 0 heterocycles. The van der Waals surface area contributed by atoms with E-state index in [1.54, 1.807) is 0 Å². The molecule has 1 unspecified atom stereocenters. The summed E-state index contributed by atoms with van der Waals surface area (Å²) in [6.45, 7) is 10.2. The van der Waals surface area contributed by atoms with Gasteiger partial charge in [0.25, 0.3) is 0 Å². The molecule has 0 aliphatic rings. The van der Waals surface area contributed by atoms with Gasteiger partial charge in [-0.25, -0.2) is 0 Å². The van der Waals surface area contributed by atoms with Gasteiger partial charge in [-0.2, -0.15) is 0 Å². The van der Waals surface area contributed by atoms with Crippen molar-refractivity contribution in [1.82, 2.24) is 0 Å².